The maximum Gasteiger partial charge on any atom is 0.121 e. The standard InChI is InChI=1S/C42H56N2O5/c1-30(2)44(31(3)4)24-22-38(34-11-6-5-7-12-34)39-26-33(15-19-41(39)47)10-8-9-25-49-37-17-13-32(14-18-37)21-23-43-28-42(48)35-16-20-40(46)36(27-35)29-45/h5-7,11-20,26-27,30-31,38,42-43,45-48H,8-10,21-25,28-29H2,1-4H3/t38-,42-/m1/s1. The summed E-state index contributed by atoms with van der Waals surface area (Å²) in [6.45, 7) is 11.4. The van der Waals surface area contributed by atoms with Crippen molar-refractivity contribution in [3.63, 3.8) is 0 Å². The average Bonchev–Trinajstić information content (AvgIpc) is 3.10. The number of benzene rings is 4. The molecule has 4 rings (SSSR count). The highest BCUT2D eigenvalue weighted by atomic mass is 16.5. The molecule has 264 valence electrons. The molecule has 0 spiro atoms. The second kappa shape index (κ2) is 19.3. The number of nitrogens with zero attached hydrogens (tertiary/aromatic N) is 1. The van der Waals surface area contributed by atoms with E-state index >= 15 is 0 Å². The number of ether oxygens (including phenoxy) is 1. The molecular formula is C42H56N2O5. The Labute approximate surface area is 293 Å². The number of aryl methyl sites for hydroxylation is 1. The Morgan fingerprint density at radius 3 is 2.12 bits per heavy atom. The molecule has 0 aliphatic heterocycles. The number of hydrogen-bond donors (Lipinski definition) is 5. The smallest absolute Gasteiger partial charge is 0.121 e. The molecule has 0 saturated heterocycles. The van der Waals surface area contributed by atoms with Gasteiger partial charge in [-0.25, -0.2) is 0 Å². The molecular weight excluding hydrogens is 612 g/mol. The van der Waals surface area contributed by atoms with Gasteiger partial charge in [-0.05, 0) is 125 Å². The van der Waals surface area contributed by atoms with Gasteiger partial charge >= 0.3 is 0 Å². The van der Waals surface area contributed by atoms with Gasteiger partial charge in [-0.15, -0.1) is 0 Å². The molecule has 4 aromatic carbocycles. The van der Waals surface area contributed by atoms with E-state index in [0.717, 1.165) is 50.0 Å². The Bertz CT molecular complexity index is 1530. The van der Waals surface area contributed by atoms with Gasteiger partial charge in [0.25, 0.3) is 0 Å². The van der Waals surface area contributed by atoms with Gasteiger partial charge in [-0.3, -0.25) is 4.90 Å². The molecule has 4 aromatic rings. The summed E-state index contributed by atoms with van der Waals surface area (Å²) in [6, 6.07) is 30.6. The molecule has 0 aliphatic carbocycles. The molecule has 0 bridgehead atoms. The summed E-state index contributed by atoms with van der Waals surface area (Å²) in [5, 5.41) is 43.8. The number of aliphatic hydroxyl groups excluding tert-OH is 2. The van der Waals surface area contributed by atoms with E-state index in [0.29, 0.717) is 48.7 Å². The lowest BCUT2D eigenvalue weighted by atomic mass is 9.86. The second-order valence-corrected chi connectivity index (χ2v) is 13.5. The molecule has 0 heterocycles. The topological polar surface area (TPSA) is 105 Å². The summed E-state index contributed by atoms with van der Waals surface area (Å²) in [4.78, 5) is 2.52. The van der Waals surface area contributed by atoms with Crippen LogP contribution in [-0.2, 0) is 19.4 Å². The van der Waals surface area contributed by atoms with Gasteiger partial charge in [0, 0.05) is 35.7 Å². The van der Waals surface area contributed by atoms with E-state index in [1.165, 1.54) is 22.8 Å². The molecule has 0 saturated carbocycles. The highest BCUT2D eigenvalue weighted by Crippen LogP contribution is 2.35. The van der Waals surface area contributed by atoms with Crippen molar-refractivity contribution >= 4 is 0 Å². The van der Waals surface area contributed by atoms with Crippen LogP contribution < -0.4 is 10.1 Å². The molecule has 0 radical (unpaired) electrons. The number of unbranched alkanes of at least 4 members (excludes halogenated alkanes) is 1. The number of phenolic OH excluding ortho intramolecular Hbond substituents is 1. The monoisotopic (exact) mass is 668 g/mol. The summed E-state index contributed by atoms with van der Waals surface area (Å²) in [6.07, 6.45) is 3.90. The largest absolute Gasteiger partial charge is 0.508 e. The summed E-state index contributed by atoms with van der Waals surface area (Å²) < 4.78 is 6.04. The van der Waals surface area contributed by atoms with Crippen LogP contribution in [0, 0.1) is 0 Å². The molecule has 0 fully saturated rings. The molecule has 5 N–H and O–H groups in total. The Balaban J connectivity index is 1.21. The minimum atomic E-state index is -0.723. The summed E-state index contributed by atoms with van der Waals surface area (Å²) in [5.74, 6) is 1.38. The predicted octanol–water partition coefficient (Wildman–Crippen LogP) is 7.50. The number of aliphatic hydroxyl groups is 2. The quantitative estimate of drug-likeness (QED) is 0.0622. The van der Waals surface area contributed by atoms with Crippen molar-refractivity contribution in [3.05, 3.63) is 124 Å². The van der Waals surface area contributed by atoms with Crippen LogP contribution in [0.1, 0.15) is 92.4 Å². The van der Waals surface area contributed by atoms with Crippen LogP contribution in [0.15, 0.2) is 91.0 Å². The highest BCUT2D eigenvalue weighted by Gasteiger charge is 2.22. The molecule has 0 amide bonds. The van der Waals surface area contributed by atoms with Gasteiger partial charge < -0.3 is 30.5 Å². The fourth-order valence-electron chi connectivity index (χ4n) is 6.52. The van der Waals surface area contributed by atoms with Gasteiger partial charge in [0.05, 0.1) is 19.3 Å². The zero-order chi connectivity index (χ0) is 35.2. The molecule has 0 aromatic heterocycles. The third-order valence-corrected chi connectivity index (χ3v) is 9.31. The zero-order valence-electron chi connectivity index (χ0n) is 29.7. The Morgan fingerprint density at radius 1 is 0.735 bits per heavy atom. The maximum absolute atomic E-state index is 11.0. The van der Waals surface area contributed by atoms with Crippen molar-refractivity contribution in [2.24, 2.45) is 0 Å². The fraction of sp³-hybridized carbons (Fsp3) is 0.429. The third kappa shape index (κ3) is 11.6. The molecule has 2 atom stereocenters. The van der Waals surface area contributed by atoms with E-state index in [9.17, 15) is 20.4 Å². The molecule has 7 nitrogen and oxygen atoms in total. The van der Waals surface area contributed by atoms with Crippen LogP contribution in [0.3, 0.4) is 0 Å². The van der Waals surface area contributed by atoms with Crippen LogP contribution in [-0.4, -0.2) is 63.7 Å². The minimum absolute atomic E-state index is 0.0284. The van der Waals surface area contributed by atoms with Crippen molar-refractivity contribution in [2.45, 2.75) is 90.5 Å². The van der Waals surface area contributed by atoms with Gasteiger partial charge in [-0.1, -0.05) is 60.7 Å². The van der Waals surface area contributed by atoms with Crippen LogP contribution >= 0.6 is 0 Å². The number of aromatic hydroxyl groups is 2. The highest BCUT2D eigenvalue weighted by molar-refractivity contribution is 5.44. The average molecular weight is 669 g/mol. The number of phenols is 2. The first-order valence-electron chi connectivity index (χ1n) is 17.8. The zero-order valence-corrected chi connectivity index (χ0v) is 29.7. The van der Waals surface area contributed by atoms with Crippen LogP contribution in [0.25, 0.3) is 0 Å². The second-order valence-electron chi connectivity index (χ2n) is 13.5. The summed E-state index contributed by atoms with van der Waals surface area (Å²) in [5.41, 5.74) is 5.73. The van der Waals surface area contributed by atoms with E-state index < -0.39 is 6.10 Å². The Morgan fingerprint density at radius 2 is 1.43 bits per heavy atom. The Hall–Kier alpha value is -3.88. The van der Waals surface area contributed by atoms with E-state index in [1.807, 2.05) is 30.3 Å². The third-order valence-electron chi connectivity index (χ3n) is 9.31. The molecule has 0 aliphatic rings. The van der Waals surface area contributed by atoms with Crippen molar-refractivity contribution in [1.82, 2.24) is 10.2 Å². The van der Waals surface area contributed by atoms with Crippen molar-refractivity contribution in [2.75, 3.05) is 26.2 Å². The van der Waals surface area contributed by atoms with Crippen molar-refractivity contribution in [3.8, 4) is 17.2 Å². The molecule has 0 unspecified atom stereocenters. The Kier molecular flexibility index (Phi) is 15.0. The lowest BCUT2D eigenvalue weighted by Crippen LogP contribution is -2.38. The molecule has 49 heavy (non-hydrogen) atoms. The first kappa shape index (κ1) is 37.9. The van der Waals surface area contributed by atoms with E-state index in [-0.39, 0.29) is 18.3 Å². The molecule has 7 heteroatoms. The SMILES string of the molecule is CC(C)N(CC[C@H](c1ccccc1)c1cc(CCCCOc2ccc(CCNC[C@@H](O)c3ccc(O)c(CO)c3)cc2)ccc1O)C(C)C. The first-order chi connectivity index (χ1) is 23.7. The number of hydrogen-bond acceptors (Lipinski definition) is 7. The van der Waals surface area contributed by atoms with E-state index in [2.05, 4.69) is 80.4 Å². The maximum atomic E-state index is 11.0. The normalized spacial score (nSPS) is 12.9. The van der Waals surface area contributed by atoms with Crippen molar-refractivity contribution < 1.29 is 25.2 Å². The van der Waals surface area contributed by atoms with Gasteiger partial charge in [0.15, 0.2) is 0 Å². The van der Waals surface area contributed by atoms with Gasteiger partial charge in [0.2, 0.25) is 0 Å². The lowest BCUT2D eigenvalue weighted by Gasteiger charge is -2.32. The first-order valence-corrected chi connectivity index (χ1v) is 17.8. The number of nitrogens with one attached hydrogen (secondary N) is 1. The van der Waals surface area contributed by atoms with Gasteiger partial charge in [-0.2, -0.15) is 0 Å². The van der Waals surface area contributed by atoms with Crippen molar-refractivity contribution in [1.29, 1.82) is 0 Å². The summed E-state index contributed by atoms with van der Waals surface area (Å²) in [7, 11) is 0. The predicted molar refractivity (Wildman–Crippen MR) is 198 cm³/mol. The minimum Gasteiger partial charge on any atom is -0.508 e. The fourth-order valence-corrected chi connectivity index (χ4v) is 6.52. The van der Waals surface area contributed by atoms with E-state index in [4.69, 9.17) is 4.74 Å². The van der Waals surface area contributed by atoms with Gasteiger partial charge in [0.1, 0.15) is 17.2 Å². The van der Waals surface area contributed by atoms with Crippen LogP contribution in [0.2, 0.25) is 0 Å². The summed E-state index contributed by atoms with van der Waals surface area (Å²) >= 11 is 0. The van der Waals surface area contributed by atoms with E-state index in [1.54, 1.807) is 12.1 Å². The van der Waals surface area contributed by atoms with Crippen LogP contribution in [0.4, 0.5) is 0 Å². The lowest BCUT2D eigenvalue weighted by molar-refractivity contribution is 0.170. The van der Waals surface area contributed by atoms with Crippen LogP contribution in [0.5, 0.6) is 17.2 Å². The number of rotatable bonds is 20.